The Balaban J connectivity index is 0.00000300. The number of rotatable bonds is 7. The first-order valence-electron chi connectivity index (χ1n) is 10.3. The monoisotopic (exact) mass is 514 g/mol. The average Bonchev–Trinajstić information content (AvgIpc) is 3.26. The molecule has 2 N–H and O–H groups in total. The van der Waals surface area contributed by atoms with Crippen LogP contribution >= 0.6 is 24.0 Å². The number of halogens is 1. The number of piperidine rings is 1. The number of hydrogen-bond donors (Lipinski definition) is 2. The van der Waals surface area contributed by atoms with Crippen molar-refractivity contribution in [2.24, 2.45) is 4.99 Å². The summed E-state index contributed by atoms with van der Waals surface area (Å²) in [6, 6.07) is 6.51. The quantitative estimate of drug-likeness (QED) is 0.250. The maximum absolute atomic E-state index is 5.40. The van der Waals surface area contributed by atoms with Crippen LogP contribution in [0.3, 0.4) is 0 Å². The third-order valence-corrected chi connectivity index (χ3v) is 5.63. The fraction of sp³-hybridized carbons (Fsp3) is 0.591. The summed E-state index contributed by atoms with van der Waals surface area (Å²) < 4.78 is 10.8. The highest BCUT2D eigenvalue weighted by molar-refractivity contribution is 14.0. The summed E-state index contributed by atoms with van der Waals surface area (Å²) in [4.78, 5) is 6.79. The lowest BCUT2D eigenvalue weighted by molar-refractivity contribution is 0.393. The normalized spacial score (nSPS) is 17.4. The number of guanidine groups is 1. The highest BCUT2D eigenvalue weighted by Crippen LogP contribution is 2.30. The second kappa shape index (κ2) is 12.1. The number of ether oxygens (including phenoxy) is 2. The van der Waals surface area contributed by atoms with Crippen molar-refractivity contribution in [2.45, 2.75) is 44.6 Å². The van der Waals surface area contributed by atoms with Crippen LogP contribution in [0, 0.1) is 0 Å². The molecule has 0 aromatic heterocycles. The van der Waals surface area contributed by atoms with Crippen LogP contribution in [-0.4, -0.2) is 52.9 Å². The van der Waals surface area contributed by atoms with E-state index in [9.17, 15) is 0 Å². The van der Waals surface area contributed by atoms with E-state index in [-0.39, 0.29) is 24.0 Å². The Morgan fingerprint density at radius 3 is 2.38 bits per heavy atom. The van der Waals surface area contributed by atoms with Gasteiger partial charge in [-0.05, 0) is 38.5 Å². The molecule has 2 aliphatic rings. The van der Waals surface area contributed by atoms with E-state index in [0.29, 0.717) is 6.04 Å². The Morgan fingerprint density at radius 1 is 1.14 bits per heavy atom. The summed E-state index contributed by atoms with van der Waals surface area (Å²) in [5.74, 6) is 2.58. The van der Waals surface area contributed by atoms with E-state index in [4.69, 9.17) is 9.47 Å². The molecule has 1 aliphatic heterocycles. The Bertz CT molecular complexity index is 678. The minimum absolute atomic E-state index is 0. The fourth-order valence-electron chi connectivity index (χ4n) is 3.95. The van der Waals surface area contributed by atoms with Gasteiger partial charge in [-0.3, -0.25) is 4.99 Å². The molecule has 162 valence electrons. The number of nitrogens with zero attached hydrogens (tertiary/aromatic N) is 2. The van der Waals surface area contributed by atoms with Gasteiger partial charge in [0.25, 0.3) is 0 Å². The lowest BCUT2D eigenvalue weighted by Gasteiger charge is -2.34. The molecular formula is C22H35IN4O2. The van der Waals surface area contributed by atoms with Gasteiger partial charge in [0.15, 0.2) is 5.96 Å². The van der Waals surface area contributed by atoms with Gasteiger partial charge in [-0.25, -0.2) is 0 Å². The predicted octanol–water partition coefficient (Wildman–Crippen LogP) is 3.96. The van der Waals surface area contributed by atoms with Gasteiger partial charge in [-0.1, -0.05) is 11.6 Å². The molecule has 0 saturated carbocycles. The molecule has 1 heterocycles. The van der Waals surface area contributed by atoms with Crippen molar-refractivity contribution in [2.75, 3.05) is 45.8 Å². The van der Waals surface area contributed by atoms with Crippen molar-refractivity contribution in [1.29, 1.82) is 0 Å². The van der Waals surface area contributed by atoms with E-state index >= 15 is 0 Å². The van der Waals surface area contributed by atoms with Crippen LogP contribution in [0.4, 0.5) is 5.69 Å². The van der Waals surface area contributed by atoms with E-state index in [1.165, 1.54) is 19.3 Å². The van der Waals surface area contributed by atoms with Crippen LogP contribution in [0.5, 0.6) is 11.5 Å². The van der Waals surface area contributed by atoms with Crippen LogP contribution in [0.1, 0.15) is 38.5 Å². The third-order valence-electron chi connectivity index (χ3n) is 5.63. The maximum Gasteiger partial charge on any atom is 0.191 e. The zero-order chi connectivity index (χ0) is 19.8. The summed E-state index contributed by atoms with van der Waals surface area (Å²) in [5.41, 5.74) is 2.74. The number of allylic oxidation sites excluding steroid dienone is 1. The van der Waals surface area contributed by atoms with Gasteiger partial charge in [0.05, 0.1) is 14.2 Å². The van der Waals surface area contributed by atoms with Gasteiger partial charge in [-0.2, -0.15) is 0 Å². The number of nitrogens with one attached hydrogen (secondary N) is 2. The molecule has 0 unspecified atom stereocenters. The van der Waals surface area contributed by atoms with E-state index in [0.717, 1.165) is 62.0 Å². The van der Waals surface area contributed by atoms with Gasteiger partial charge in [0.2, 0.25) is 0 Å². The highest BCUT2D eigenvalue weighted by atomic mass is 127. The molecule has 1 aliphatic carbocycles. The molecule has 0 amide bonds. The first-order valence-corrected chi connectivity index (χ1v) is 10.3. The van der Waals surface area contributed by atoms with Gasteiger partial charge >= 0.3 is 0 Å². The molecule has 0 bridgehead atoms. The average molecular weight is 514 g/mol. The summed E-state index contributed by atoms with van der Waals surface area (Å²) >= 11 is 0. The summed E-state index contributed by atoms with van der Waals surface area (Å²) in [7, 11) is 5.23. The minimum Gasteiger partial charge on any atom is -0.497 e. The number of hydrogen-bond acceptors (Lipinski definition) is 4. The molecule has 0 atom stereocenters. The van der Waals surface area contributed by atoms with E-state index < -0.39 is 0 Å². The topological polar surface area (TPSA) is 58.1 Å². The van der Waals surface area contributed by atoms with Crippen molar-refractivity contribution in [3.63, 3.8) is 0 Å². The van der Waals surface area contributed by atoms with E-state index in [1.807, 2.05) is 13.1 Å². The van der Waals surface area contributed by atoms with Crippen molar-refractivity contribution in [3.05, 3.63) is 29.8 Å². The Kier molecular flexibility index (Phi) is 9.90. The molecule has 7 heteroatoms. The Labute approximate surface area is 192 Å². The van der Waals surface area contributed by atoms with Gasteiger partial charge in [-0.15, -0.1) is 24.0 Å². The lowest BCUT2D eigenvalue weighted by Crippen LogP contribution is -2.48. The standard InChI is InChI=1S/C22H34N4O2.HI/c1-23-22(24-11-8-17-6-4-5-7-17)25-18-9-12-26(13-10-18)19-14-20(27-2)16-21(15-19)28-3;/h6,14-16,18H,4-5,7-13H2,1-3H3,(H2,23,24,25);1H. The summed E-state index contributed by atoms with van der Waals surface area (Å²) in [6.07, 6.45) is 9.50. The molecule has 3 rings (SSSR count). The van der Waals surface area contributed by atoms with Crippen molar-refractivity contribution in [3.8, 4) is 11.5 Å². The summed E-state index contributed by atoms with van der Waals surface area (Å²) in [6.45, 7) is 2.95. The van der Waals surface area contributed by atoms with Gasteiger partial charge in [0.1, 0.15) is 11.5 Å². The fourth-order valence-corrected chi connectivity index (χ4v) is 3.95. The van der Waals surface area contributed by atoms with Crippen LogP contribution < -0.4 is 25.0 Å². The molecule has 0 spiro atoms. The van der Waals surface area contributed by atoms with Crippen molar-refractivity contribution in [1.82, 2.24) is 10.6 Å². The molecule has 1 saturated heterocycles. The summed E-state index contributed by atoms with van der Waals surface area (Å²) in [5, 5.41) is 7.06. The van der Waals surface area contributed by atoms with Gasteiger partial charge < -0.3 is 25.0 Å². The van der Waals surface area contributed by atoms with Crippen LogP contribution in [0.15, 0.2) is 34.8 Å². The zero-order valence-electron chi connectivity index (χ0n) is 17.9. The number of aliphatic imine (C=N–C) groups is 1. The van der Waals surface area contributed by atoms with E-state index in [1.54, 1.807) is 19.8 Å². The molecular weight excluding hydrogens is 479 g/mol. The van der Waals surface area contributed by atoms with Crippen molar-refractivity contribution >= 4 is 35.6 Å². The van der Waals surface area contributed by atoms with Crippen LogP contribution in [0.25, 0.3) is 0 Å². The number of anilines is 1. The zero-order valence-corrected chi connectivity index (χ0v) is 20.2. The molecule has 6 nitrogen and oxygen atoms in total. The first kappa shape index (κ1) is 23.6. The molecule has 29 heavy (non-hydrogen) atoms. The van der Waals surface area contributed by atoms with E-state index in [2.05, 4.69) is 38.7 Å². The second-order valence-corrected chi connectivity index (χ2v) is 7.48. The smallest absolute Gasteiger partial charge is 0.191 e. The first-order chi connectivity index (χ1) is 13.7. The predicted molar refractivity (Wildman–Crippen MR) is 131 cm³/mol. The highest BCUT2D eigenvalue weighted by Gasteiger charge is 2.21. The maximum atomic E-state index is 5.40. The Morgan fingerprint density at radius 2 is 1.83 bits per heavy atom. The largest absolute Gasteiger partial charge is 0.497 e. The number of methoxy groups -OCH3 is 2. The molecule has 1 aromatic carbocycles. The van der Waals surface area contributed by atoms with Gasteiger partial charge in [0, 0.05) is 56.6 Å². The third kappa shape index (κ3) is 6.97. The van der Waals surface area contributed by atoms with Crippen LogP contribution in [-0.2, 0) is 0 Å². The lowest BCUT2D eigenvalue weighted by atomic mass is 10.0. The molecule has 1 fully saturated rings. The van der Waals surface area contributed by atoms with Crippen LogP contribution in [0.2, 0.25) is 0 Å². The SMILES string of the molecule is CN=C(NCCC1=CCCC1)NC1CCN(c2cc(OC)cc(OC)c2)CC1.I. The Hall–Kier alpha value is -1.64. The molecule has 1 aromatic rings. The van der Waals surface area contributed by atoms with Crippen molar-refractivity contribution < 1.29 is 9.47 Å². The number of benzene rings is 1. The second-order valence-electron chi connectivity index (χ2n) is 7.48. The molecule has 0 radical (unpaired) electrons. The minimum atomic E-state index is 0.